The Bertz CT molecular complexity index is 1650. The van der Waals surface area contributed by atoms with Gasteiger partial charge in [0.05, 0.1) is 22.0 Å². The van der Waals surface area contributed by atoms with E-state index in [-0.39, 0.29) is 0 Å². The summed E-state index contributed by atoms with van der Waals surface area (Å²) in [5.41, 5.74) is 10.2. The smallest absolute Gasteiger partial charge is 0.220 e. The molecule has 0 aliphatic rings. The van der Waals surface area contributed by atoms with Crippen LogP contribution < -0.4 is 4.57 Å². The number of hydrogen-bond acceptors (Lipinski definition) is 0. The van der Waals surface area contributed by atoms with Crippen LogP contribution in [0.2, 0.25) is 0 Å². The number of aryl methyl sites for hydroxylation is 3. The Kier molecular flexibility index (Phi) is 4.38. The SMILES string of the molecule is Cc1cc(C)c(C)c(-c2c3cc(-n4c5ccccc5c5ccccc54)ccc3cc[n+]2C)c1. The Labute approximate surface area is 194 Å². The van der Waals surface area contributed by atoms with Crippen molar-refractivity contribution in [3.63, 3.8) is 0 Å². The lowest BCUT2D eigenvalue weighted by Crippen LogP contribution is -2.30. The number of fused-ring (bicyclic) bond motifs is 4. The van der Waals surface area contributed by atoms with Crippen molar-refractivity contribution in [2.75, 3.05) is 0 Å². The Balaban J connectivity index is 1.71. The molecule has 2 aromatic heterocycles. The molecule has 160 valence electrons. The van der Waals surface area contributed by atoms with Gasteiger partial charge < -0.3 is 4.57 Å². The third kappa shape index (κ3) is 2.98. The predicted molar refractivity (Wildman–Crippen MR) is 139 cm³/mol. The lowest BCUT2D eigenvalue weighted by Gasteiger charge is -2.13. The van der Waals surface area contributed by atoms with Gasteiger partial charge in [-0.15, -0.1) is 0 Å². The molecule has 33 heavy (non-hydrogen) atoms. The maximum atomic E-state index is 2.40. The molecule has 0 spiro atoms. The normalized spacial score (nSPS) is 11.6. The van der Waals surface area contributed by atoms with E-state index in [0.29, 0.717) is 0 Å². The van der Waals surface area contributed by atoms with Crippen LogP contribution in [0.1, 0.15) is 16.7 Å². The summed E-state index contributed by atoms with van der Waals surface area (Å²) in [7, 11) is 2.15. The van der Waals surface area contributed by atoms with Gasteiger partial charge in [-0.3, -0.25) is 0 Å². The van der Waals surface area contributed by atoms with Crippen LogP contribution in [0.5, 0.6) is 0 Å². The Morgan fingerprint density at radius 3 is 2.03 bits per heavy atom. The number of pyridine rings is 1. The van der Waals surface area contributed by atoms with Crippen LogP contribution >= 0.6 is 0 Å². The Morgan fingerprint density at radius 2 is 1.33 bits per heavy atom. The summed E-state index contributed by atoms with van der Waals surface area (Å²) in [6.07, 6.45) is 2.18. The molecule has 0 N–H and O–H groups in total. The summed E-state index contributed by atoms with van der Waals surface area (Å²) in [5.74, 6) is 0. The summed E-state index contributed by atoms with van der Waals surface area (Å²) in [6.45, 7) is 6.63. The highest BCUT2D eigenvalue weighted by Gasteiger charge is 2.20. The highest BCUT2D eigenvalue weighted by Crippen LogP contribution is 2.35. The van der Waals surface area contributed by atoms with E-state index in [9.17, 15) is 0 Å². The third-order valence-electron chi connectivity index (χ3n) is 7.03. The molecule has 0 fully saturated rings. The minimum Gasteiger partial charge on any atom is -0.309 e. The minimum absolute atomic E-state index is 1.19. The Morgan fingerprint density at radius 1 is 0.667 bits per heavy atom. The second kappa shape index (κ2) is 7.31. The summed E-state index contributed by atoms with van der Waals surface area (Å²) in [6, 6.07) is 31.1. The minimum atomic E-state index is 1.19. The first-order valence-electron chi connectivity index (χ1n) is 11.5. The van der Waals surface area contributed by atoms with Crippen molar-refractivity contribution in [1.29, 1.82) is 0 Å². The average molecular weight is 428 g/mol. The largest absolute Gasteiger partial charge is 0.309 e. The zero-order valence-corrected chi connectivity index (χ0v) is 19.6. The van der Waals surface area contributed by atoms with Gasteiger partial charge in [-0.1, -0.05) is 54.1 Å². The van der Waals surface area contributed by atoms with Gasteiger partial charge in [0.15, 0.2) is 6.20 Å². The Hall–Kier alpha value is -3.91. The first kappa shape index (κ1) is 19.8. The van der Waals surface area contributed by atoms with E-state index in [1.807, 2.05) is 0 Å². The van der Waals surface area contributed by atoms with Crippen molar-refractivity contribution < 1.29 is 4.57 Å². The molecule has 6 aromatic rings. The number of aromatic nitrogens is 2. The van der Waals surface area contributed by atoms with Crippen molar-refractivity contribution in [1.82, 2.24) is 4.57 Å². The van der Waals surface area contributed by atoms with Crippen molar-refractivity contribution in [2.24, 2.45) is 7.05 Å². The van der Waals surface area contributed by atoms with Gasteiger partial charge in [0.1, 0.15) is 7.05 Å². The van der Waals surface area contributed by atoms with E-state index in [0.717, 1.165) is 0 Å². The molecule has 0 amide bonds. The van der Waals surface area contributed by atoms with Crippen LogP contribution in [0.15, 0.2) is 91.1 Å². The van der Waals surface area contributed by atoms with E-state index in [1.54, 1.807) is 0 Å². The van der Waals surface area contributed by atoms with Gasteiger partial charge in [-0.25, -0.2) is 4.57 Å². The lowest BCUT2D eigenvalue weighted by molar-refractivity contribution is -0.659. The molecule has 0 aliphatic carbocycles. The summed E-state index contributed by atoms with van der Waals surface area (Å²) < 4.78 is 4.66. The topological polar surface area (TPSA) is 8.81 Å². The fourth-order valence-corrected chi connectivity index (χ4v) is 5.31. The third-order valence-corrected chi connectivity index (χ3v) is 7.03. The van der Waals surface area contributed by atoms with Crippen LogP contribution in [0.25, 0.3) is 49.5 Å². The zero-order valence-electron chi connectivity index (χ0n) is 19.6. The van der Waals surface area contributed by atoms with Crippen LogP contribution in [0.3, 0.4) is 0 Å². The highest BCUT2D eigenvalue weighted by molar-refractivity contribution is 6.09. The number of nitrogens with zero attached hydrogens (tertiary/aromatic N) is 2. The second-order valence-electron chi connectivity index (χ2n) is 9.17. The maximum Gasteiger partial charge on any atom is 0.220 e. The first-order chi connectivity index (χ1) is 16.0. The monoisotopic (exact) mass is 427 g/mol. The van der Waals surface area contributed by atoms with Crippen molar-refractivity contribution in [3.8, 4) is 16.9 Å². The van der Waals surface area contributed by atoms with Gasteiger partial charge in [0.25, 0.3) is 0 Å². The fourth-order valence-electron chi connectivity index (χ4n) is 5.31. The highest BCUT2D eigenvalue weighted by atomic mass is 15.0. The van der Waals surface area contributed by atoms with Crippen molar-refractivity contribution >= 4 is 32.6 Å². The zero-order chi connectivity index (χ0) is 22.7. The van der Waals surface area contributed by atoms with E-state index < -0.39 is 0 Å². The molecule has 0 saturated carbocycles. The fraction of sp³-hybridized carbons (Fsp3) is 0.129. The molecule has 0 unspecified atom stereocenters. The van der Waals surface area contributed by atoms with Gasteiger partial charge in [-0.05, 0) is 67.6 Å². The number of rotatable bonds is 2. The van der Waals surface area contributed by atoms with Gasteiger partial charge in [0.2, 0.25) is 5.69 Å². The van der Waals surface area contributed by atoms with Crippen LogP contribution in [0.4, 0.5) is 0 Å². The summed E-state index contributed by atoms with van der Waals surface area (Å²) in [4.78, 5) is 0. The second-order valence-corrected chi connectivity index (χ2v) is 9.17. The van der Waals surface area contributed by atoms with E-state index in [4.69, 9.17) is 0 Å². The molecule has 2 heterocycles. The maximum absolute atomic E-state index is 2.40. The molecular formula is C31H27N2+. The molecule has 0 radical (unpaired) electrons. The predicted octanol–water partition coefficient (Wildman–Crippen LogP) is 7.35. The number of benzene rings is 4. The standard InChI is InChI=1S/C31H27N2/c1-20-17-21(2)22(3)27(18-20)31-28-19-24(14-13-23(28)15-16-32(31)4)33-29-11-7-5-9-25(29)26-10-6-8-12-30(26)33/h5-19H,1-4H3/q+1. The van der Waals surface area contributed by atoms with Gasteiger partial charge in [-0.2, -0.15) is 0 Å². The molecular weight excluding hydrogens is 400 g/mol. The quantitative estimate of drug-likeness (QED) is 0.255. The molecule has 2 nitrogen and oxygen atoms in total. The van der Waals surface area contributed by atoms with Crippen molar-refractivity contribution in [2.45, 2.75) is 20.8 Å². The number of hydrogen-bond donors (Lipinski definition) is 0. The molecule has 0 bridgehead atoms. The van der Waals surface area contributed by atoms with E-state index in [1.165, 1.54) is 66.2 Å². The van der Waals surface area contributed by atoms with Crippen LogP contribution in [-0.2, 0) is 7.05 Å². The van der Waals surface area contributed by atoms with Gasteiger partial charge in [0, 0.05) is 22.5 Å². The molecule has 0 aliphatic heterocycles. The number of para-hydroxylation sites is 2. The summed E-state index contributed by atoms with van der Waals surface area (Å²) in [5, 5.41) is 5.10. The van der Waals surface area contributed by atoms with Crippen molar-refractivity contribution in [3.05, 3.63) is 108 Å². The van der Waals surface area contributed by atoms with E-state index in [2.05, 4.69) is 128 Å². The summed E-state index contributed by atoms with van der Waals surface area (Å²) >= 11 is 0. The molecule has 0 atom stereocenters. The van der Waals surface area contributed by atoms with Crippen LogP contribution in [-0.4, -0.2) is 4.57 Å². The molecule has 0 saturated heterocycles. The first-order valence-corrected chi connectivity index (χ1v) is 11.5. The molecule has 2 heteroatoms. The lowest BCUT2D eigenvalue weighted by atomic mass is 9.94. The van der Waals surface area contributed by atoms with Gasteiger partial charge >= 0.3 is 0 Å². The average Bonchev–Trinajstić information content (AvgIpc) is 3.16. The van der Waals surface area contributed by atoms with E-state index >= 15 is 0 Å². The molecule has 6 rings (SSSR count). The van der Waals surface area contributed by atoms with Crippen LogP contribution in [0, 0.1) is 20.8 Å². The molecule has 4 aromatic carbocycles.